The van der Waals surface area contributed by atoms with Crippen LogP contribution in [0.15, 0.2) is 16.9 Å². The Morgan fingerprint density at radius 1 is 1.21 bits per heavy atom. The Bertz CT molecular complexity index is 542. The maximum absolute atomic E-state index is 12.1. The highest BCUT2D eigenvalue weighted by Gasteiger charge is 2.15. The van der Waals surface area contributed by atoms with Crippen LogP contribution in [0, 0.1) is 6.92 Å². The maximum Gasteiger partial charge on any atom is 0.262 e. The van der Waals surface area contributed by atoms with Crippen LogP contribution in [-0.4, -0.2) is 34.2 Å². The largest absolute Gasteiger partial charge is 0.342 e. The molecule has 0 fully saturated rings. The summed E-state index contributed by atoms with van der Waals surface area (Å²) in [6.07, 6.45) is 0. The summed E-state index contributed by atoms with van der Waals surface area (Å²) in [4.78, 5) is 37.2. The number of hydrogen-bond donors (Lipinski definition) is 0. The van der Waals surface area contributed by atoms with E-state index in [0.717, 1.165) is 0 Å². The molecule has 1 aromatic rings. The van der Waals surface area contributed by atoms with E-state index in [1.807, 2.05) is 13.8 Å². The molecule has 1 amide bonds. The van der Waals surface area contributed by atoms with Gasteiger partial charge in [-0.15, -0.1) is 0 Å². The van der Waals surface area contributed by atoms with E-state index in [0.29, 0.717) is 18.8 Å². The molecule has 1 aromatic heterocycles. The zero-order valence-electron chi connectivity index (χ0n) is 11.9. The minimum atomic E-state index is -0.395. The van der Waals surface area contributed by atoms with Crippen molar-refractivity contribution in [2.45, 2.75) is 34.2 Å². The van der Waals surface area contributed by atoms with E-state index in [1.54, 1.807) is 17.9 Å². The average molecular weight is 264 g/mol. The molecule has 0 unspecified atom stereocenters. The Morgan fingerprint density at radius 3 is 2.26 bits per heavy atom. The Balaban J connectivity index is 3.14. The van der Waals surface area contributed by atoms with Crippen molar-refractivity contribution in [2.24, 2.45) is 0 Å². The van der Waals surface area contributed by atoms with Crippen molar-refractivity contribution in [1.82, 2.24) is 9.47 Å². The summed E-state index contributed by atoms with van der Waals surface area (Å²) in [7, 11) is 0. The molecule has 1 rings (SSSR count). The highest BCUT2D eigenvalue weighted by molar-refractivity contribution is 5.93. The molecule has 0 saturated heterocycles. The van der Waals surface area contributed by atoms with Gasteiger partial charge in [-0.1, -0.05) is 0 Å². The zero-order valence-corrected chi connectivity index (χ0v) is 11.9. The summed E-state index contributed by atoms with van der Waals surface area (Å²) in [5.41, 5.74) is 0.404. The number of rotatable bonds is 5. The first kappa shape index (κ1) is 15.1. The number of Topliss-reactive ketones (excluding diaryl/α,β-unsaturated/α-hetero) is 1. The number of carbonyl (C=O) groups is 2. The highest BCUT2D eigenvalue weighted by Crippen LogP contribution is 2.01. The van der Waals surface area contributed by atoms with Crippen molar-refractivity contribution in [2.75, 3.05) is 13.1 Å². The fraction of sp³-hybridized carbons (Fsp3) is 0.500. The van der Waals surface area contributed by atoms with Gasteiger partial charge in [0.05, 0.1) is 5.56 Å². The molecule has 0 saturated carbocycles. The summed E-state index contributed by atoms with van der Waals surface area (Å²) >= 11 is 0. The van der Waals surface area contributed by atoms with Crippen molar-refractivity contribution < 1.29 is 9.59 Å². The number of likely N-dealkylation sites (N-methyl/N-ethyl adjacent to an activating group) is 1. The molecule has 0 aliphatic rings. The van der Waals surface area contributed by atoms with Crippen LogP contribution < -0.4 is 5.56 Å². The number of ketones is 1. The van der Waals surface area contributed by atoms with Gasteiger partial charge in [0, 0.05) is 18.8 Å². The molecule has 0 atom stereocenters. The number of nitrogens with zero attached hydrogens (tertiary/aromatic N) is 2. The zero-order chi connectivity index (χ0) is 14.6. The fourth-order valence-electron chi connectivity index (χ4n) is 1.95. The van der Waals surface area contributed by atoms with Crippen molar-refractivity contribution in [3.63, 3.8) is 0 Å². The lowest BCUT2D eigenvalue weighted by Crippen LogP contribution is -2.38. The van der Waals surface area contributed by atoms with Crippen molar-refractivity contribution >= 4 is 11.7 Å². The van der Waals surface area contributed by atoms with Gasteiger partial charge in [0.25, 0.3) is 5.56 Å². The summed E-state index contributed by atoms with van der Waals surface area (Å²) in [5, 5.41) is 0. The first-order valence-electron chi connectivity index (χ1n) is 6.41. The minimum absolute atomic E-state index is 0.0204. The van der Waals surface area contributed by atoms with Gasteiger partial charge >= 0.3 is 0 Å². The molecule has 0 aliphatic carbocycles. The highest BCUT2D eigenvalue weighted by atomic mass is 16.2. The summed E-state index contributed by atoms with van der Waals surface area (Å²) in [5.74, 6) is -0.398. The molecule has 0 radical (unpaired) electrons. The Kier molecular flexibility index (Phi) is 5.03. The molecular formula is C14H20N2O3. The molecule has 19 heavy (non-hydrogen) atoms. The Morgan fingerprint density at radius 2 is 1.79 bits per heavy atom. The van der Waals surface area contributed by atoms with Crippen LogP contribution >= 0.6 is 0 Å². The van der Waals surface area contributed by atoms with Crippen molar-refractivity contribution in [3.8, 4) is 0 Å². The lowest BCUT2D eigenvalue weighted by molar-refractivity contribution is -0.131. The quantitative estimate of drug-likeness (QED) is 0.751. The van der Waals surface area contributed by atoms with Crippen LogP contribution in [-0.2, 0) is 11.3 Å². The van der Waals surface area contributed by atoms with Gasteiger partial charge in [-0.2, -0.15) is 0 Å². The van der Waals surface area contributed by atoms with Gasteiger partial charge in [0.1, 0.15) is 6.54 Å². The van der Waals surface area contributed by atoms with Crippen LogP contribution in [0.2, 0.25) is 0 Å². The van der Waals surface area contributed by atoms with Crippen LogP contribution in [0.4, 0.5) is 0 Å². The summed E-state index contributed by atoms with van der Waals surface area (Å²) in [6.45, 7) is 8.08. The number of amides is 1. The van der Waals surface area contributed by atoms with Crippen molar-refractivity contribution in [1.29, 1.82) is 0 Å². The van der Waals surface area contributed by atoms with Gasteiger partial charge in [-0.3, -0.25) is 14.4 Å². The normalized spacial score (nSPS) is 10.3. The van der Waals surface area contributed by atoms with E-state index >= 15 is 0 Å². The van der Waals surface area contributed by atoms with Crippen LogP contribution in [0.1, 0.15) is 36.8 Å². The summed E-state index contributed by atoms with van der Waals surface area (Å²) < 4.78 is 1.36. The number of pyridine rings is 1. The number of aromatic nitrogens is 1. The number of hydrogen-bond acceptors (Lipinski definition) is 3. The SMILES string of the molecule is CCN(CC)C(=O)Cn1c(C)ccc(C(C)=O)c1=O. The van der Waals surface area contributed by atoms with E-state index in [4.69, 9.17) is 0 Å². The van der Waals surface area contributed by atoms with Crippen LogP contribution in [0.5, 0.6) is 0 Å². The van der Waals surface area contributed by atoms with E-state index < -0.39 is 5.56 Å². The molecule has 0 aliphatic heterocycles. The second kappa shape index (κ2) is 6.31. The van der Waals surface area contributed by atoms with E-state index in [1.165, 1.54) is 17.6 Å². The second-order valence-corrected chi connectivity index (χ2v) is 4.40. The predicted octanol–water partition coefficient (Wildman–Crippen LogP) is 1.23. The lowest BCUT2D eigenvalue weighted by atomic mass is 10.2. The van der Waals surface area contributed by atoms with Gasteiger partial charge in [-0.05, 0) is 39.8 Å². The average Bonchev–Trinajstić information content (AvgIpc) is 2.35. The molecular weight excluding hydrogens is 244 g/mol. The first-order valence-corrected chi connectivity index (χ1v) is 6.41. The van der Waals surface area contributed by atoms with Crippen molar-refractivity contribution in [3.05, 3.63) is 33.7 Å². The Labute approximate surface area is 112 Å². The maximum atomic E-state index is 12.1. The molecule has 0 bridgehead atoms. The smallest absolute Gasteiger partial charge is 0.262 e. The van der Waals surface area contributed by atoms with Gasteiger partial charge < -0.3 is 9.47 Å². The molecule has 5 nitrogen and oxygen atoms in total. The van der Waals surface area contributed by atoms with Crippen LogP contribution in [0.25, 0.3) is 0 Å². The van der Waals surface area contributed by atoms with E-state index in [2.05, 4.69) is 0 Å². The summed E-state index contributed by atoms with van der Waals surface area (Å²) in [6, 6.07) is 3.20. The number of aryl methyl sites for hydroxylation is 1. The molecule has 0 aromatic carbocycles. The molecule has 1 heterocycles. The standard InChI is InChI=1S/C14H20N2O3/c1-5-15(6-2)13(18)9-16-10(3)7-8-12(11(4)17)14(16)19/h7-8H,5-6,9H2,1-4H3. The minimum Gasteiger partial charge on any atom is -0.342 e. The van der Waals surface area contributed by atoms with Crippen LogP contribution in [0.3, 0.4) is 0 Å². The molecule has 104 valence electrons. The van der Waals surface area contributed by atoms with Gasteiger partial charge in [-0.25, -0.2) is 0 Å². The predicted molar refractivity (Wildman–Crippen MR) is 73.4 cm³/mol. The second-order valence-electron chi connectivity index (χ2n) is 4.40. The third-order valence-corrected chi connectivity index (χ3v) is 3.18. The molecule has 0 N–H and O–H groups in total. The number of carbonyl (C=O) groups excluding carboxylic acids is 2. The van der Waals surface area contributed by atoms with Gasteiger partial charge in [0.15, 0.2) is 5.78 Å². The monoisotopic (exact) mass is 264 g/mol. The molecule has 0 spiro atoms. The van der Waals surface area contributed by atoms with E-state index in [9.17, 15) is 14.4 Å². The lowest BCUT2D eigenvalue weighted by Gasteiger charge is -2.20. The fourth-order valence-corrected chi connectivity index (χ4v) is 1.95. The molecule has 5 heteroatoms. The van der Waals surface area contributed by atoms with Gasteiger partial charge in [0.2, 0.25) is 5.91 Å². The van der Waals surface area contributed by atoms with E-state index in [-0.39, 0.29) is 23.8 Å². The third-order valence-electron chi connectivity index (χ3n) is 3.18. The topological polar surface area (TPSA) is 59.4 Å². The Hall–Kier alpha value is -1.91. The first-order chi connectivity index (χ1) is 8.92. The third kappa shape index (κ3) is 3.30.